The number of rotatable bonds is 2. The number of ether oxygens (including phenoxy) is 1. The number of benzene rings is 1. The Kier molecular flexibility index (Phi) is 1.81. The van der Waals surface area contributed by atoms with Crippen LogP contribution in [0, 0.1) is 5.92 Å². The van der Waals surface area contributed by atoms with Gasteiger partial charge in [0.05, 0.1) is 7.11 Å². The van der Waals surface area contributed by atoms with Crippen LogP contribution < -0.4 is 10.5 Å². The van der Waals surface area contributed by atoms with E-state index in [1.54, 1.807) is 7.11 Å². The molecule has 70 valence electrons. The summed E-state index contributed by atoms with van der Waals surface area (Å²) in [5.74, 6) is 1.49. The van der Waals surface area contributed by atoms with Crippen LogP contribution in [0.2, 0.25) is 0 Å². The van der Waals surface area contributed by atoms with E-state index in [0.717, 1.165) is 12.2 Å². The SMILES string of the molecule is COc1cccc(C2(N)CC2C)c1. The molecule has 1 aliphatic carbocycles. The van der Waals surface area contributed by atoms with Gasteiger partial charge in [0.25, 0.3) is 0 Å². The van der Waals surface area contributed by atoms with Crippen LogP contribution in [0.15, 0.2) is 24.3 Å². The third-order valence-corrected chi connectivity index (χ3v) is 2.97. The minimum Gasteiger partial charge on any atom is -0.497 e. The van der Waals surface area contributed by atoms with Crippen molar-refractivity contribution in [2.45, 2.75) is 18.9 Å². The summed E-state index contributed by atoms with van der Waals surface area (Å²) in [6.07, 6.45) is 1.08. The lowest BCUT2D eigenvalue weighted by Gasteiger charge is -2.11. The molecule has 0 amide bonds. The van der Waals surface area contributed by atoms with E-state index in [1.807, 2.05) is 18.2 Å². The smallest absolute Gasteiger partial charge is 0.119 e. The van der Waals surface area contributed by atoms with E-state index < -0.39 is 0 Å². The Morgan fingerprint density at radius 3 is 2.77 bits per heavy atom. The predicted octanol–water partition coefficient (Wildman–Crippen LogP) is 1.89. The van der Waals surface area contributed by atoms with E-state index >= 15 is 0 Å². The molecule has 1 saturated carbocycles. The second-order valence-electron chi connectivity index (χ2n) is 3.88. The fourth-order valence-corrected chi connectivity index (χ4v) is 1.76. The van der Waals surface area contributed by atoms with Gasteiger partial charge < -0.3 is 10.5 Å². The van der Waals surface area contributed by atoms with Crippen LogP contribution in [0.1, 0.15) is 18.9 Å². The Bertz CT molecular complexity index is 324. The average Bonchev–Trinajstić information content (AvgIpc) is 2.77. The lowest BCUT2D eigenvalue weighted by atomic mass is 10.0. The molecule has 2 atom stereocenters. The zero-order chi connectivity index (χ0) is 9.47. The van der Waals surface area contributed by atoms with Gasteiger partial charge in [-0.15, -0.1) is 0 Å². The Morgan fingerprint density at radius 2 is 2.23 bits per heavy atom. The van der Waals surface area contributed by atoms with Gasteiger partial charge in [-0.25, -0.2) is 0 Å². The largest absolute Gasteiger partial charge is 0.497 e. The second-order valence-corrected chi connectivity index (χ2v) is 3.88. The van der Waals surface area contributed by atoms with E-state index in [1.165, 1.54) is 5.56 Å². The van der Waals surface area contributed by atoms with Gasteiger partial charge in [0.15, 0.2) is 0 Å². The highest BCUT2D eigenvalue weighted by Gasteiger charge is 2.48. The normalized spacial score (nSPS) is 31.5. The minimum atomic E-state index is -0.0887. The van der Waals surface area contributed by atoms with Crippen molar-refractivity contribution in [2.75, 3.05) is 7.11 Å². The molecule has 0 radical (unpaired) electrons. The van der Waals surface area contributed by atoms with E-state index in [9.17, 15) is 0 Å². The van der Waals surface area contributed by atoms with Crippen LogP contribution in [0.5, 0.6) is 5.75 Å². The van der Waals surface area contributed by atoms with Crippen LogP contribution in [0.25, 0.3) is 0 Å². The Balaban J connectivity index is 2.31. The van der Waals surface area contributed by atoms with Gasteiger partial charge in [0.1, 0.15) is 5.75 Å². The van der Waals surface area contributed by atoms with Gasteiger partial charge in [-0.1, -0.05) is 19.1 Å². The summed E-state index contributed by atoms with van der Waals surface area (Å²) in [6.45, 7) is 2.18. The van der Waals surface area contributed by atoms with Crippen LogP contribution in [0.3, 0.4) is 0 Å². The molecule has 2 heteroatoms. The van der Waals surface area contributed by atoms with Crippen LogP contribution in [-0.4, -0.2) is 7.11 Å². The number of nitrogens with two attached hydrogens (primary N) is 1. The first-order chi connectivity index (χ1) is 6.16. The number of methoxy groups -OCH3 is 1. The summed E-state index contributed by atoms with van der Waals surface area (Å²) in [4.78, 5) is 0. The highest BCUT2D eigenvalue weighted by atomic mass is 16.5. The number of hydrogen-bond acceptors (Lipinski definition) is 2. The maximum Gasteiger partial charge on any atom is 0.119 e. The molecule has 0 aliphatic heterocycles. The van der Waals surface area contributed by atoms with Gasteiger partial charge in [-0.3, -0.25) is 0 Å². The first-order valence-corrected chi connectivity index (χ1v) is 4.60. The highest BCUT2D eigenvalue weighted by Crippen LogP contribution is 2.49. The van der Waals surface area contributed by atoms with Crippen molar-refractivity contribution in [2.24, 2.45) is 11.7 Å². The topological polar surface area (TPSA) is 35.2 Å². The van der Waals surface area contributed by atoms with E-state index in [4.69, 9.17) is 10.5 Å². The van der Waals surface area contributed by atoms with E-state index in [0.29, 0.717) is 5.92 Å². The monoisotopic (exact) mass is 177 g/mol. The lowest BCUT2D eigenvalue weighted by Crippen LogP contribution is -2.21. The molecule has 0 heterocycles. The maximum atomic E-state index is 6.18. The molecule has 1 aliphatic rings. The molecule has 2 N–H and O–H groups in total. The predicted molar refractivity (Wildman–Crippen MR) is 52.6 cm³/mol. The Morgan fingerprint density at radius 1 is 1.54 bits per heavy atom. The summed E-state index contributed by atoms with van der Waals surface area (Å²) in [5.41, 5.74) is 7.28. The summed E-state index contributed by atoms with van der Waals surface area (Å²) >= 11 is 0. The molecule has 1 fully saturated rings. The summed E-state index contributed by atoms with van der Waals surface area (Å²) < 4.78 is 5.16. The third kappa shape index (κ3) is 1.31. The molecule has 2 unspecified atom stereocenters. The molecule has 2 rings (SSSR count). The first kappa shape index (κ1) is 8.57. The number of hydrogen-bond donors (Lipinski definition) is 1. The zero-order valence-electron chi connectivity index (χ0n) is 8.08. The molecule has 13 heavy (non-hydrogen) atoms. The standard InChI is InChI=1S/C11H15NO/c1-8-7-11(8,12)9-4-3-5-10(6-9)13-2/h3-6,8H,7,12H2,1-2H3. The van der Waals surface area contributed by atoms with Crippen molar-refractivity contribution >= 4 is 0 Å². The van der Waals surface area contributed by atoms with Gasteiger partial charge >= 0.3 is 0 Å². The van der Waals surface area contributed by atoms with Crippen molar-refractivity contribution in [3.05, 3.63) is 29.8 Å². The van der Waals surface area contributed by atoms with Gasteiger partial charge in [0, 0.05) is 5.54 Å². The lowest BCUT2D eigenvalue weighted by molar-refractivity contribution is 0.413. The van der Waals surface area contributed by atoms with Crippen molar-refractivity contribution < 1.29 is 4.74 Å². The summed E-state index contributed by atoms with van der Waals surface area (Å²) in [7, 11) is 1.68. The molecule has 0 aromatic heterocycles. The Hall–Kier alpha value is -1.02. The van der Waals surface area contributed by atoms with Crippen molar-refractivity contribution in [1.29, 1.82) is 0 Å². The third-order valence-electron chi connectivity index (χ3n) is 2.97. The van der Waals surface area contributed by atoms with Gasteiger partial charge in [-0.05, 0) is 30.0 Å². The Labute approximate surface area is 78.7 Å². The quantitative estimate of drug-likeness (QED) is 0.748. The summed E-state index contributed by atoms with van der Waals surface area (Å²) in [6, 6.07) is 8.04. The fourth-order valence-electron chi connectivity index (χ4n) is 1.76. The second kappa shape index (κ2) is 2.74. The molecule has 0 bridgehead atoms. The minimum absolute atomic E-state index is 0.0887. The van der Waals surface area contributed by atoms with E-state index in [-0.39, 0.29) is 5.54 Å². The molecule has 2 nitrogen and oxygen atoms in total. The molecule has 0 spiro atoms. The van der Waals surface area contributed by atoms with Gasteiger partial charge in [-0.2, -0.15) is 0 Å². The van der Waals surface area contributed by atoms with Crippen LogP contribution in [0.4, 0.5) is 0 Å². The molecule has 1 aromatic rings. The van der Waals surface area contributed by atoms with Gasteiger partial charge in [0.2, 0.25) is 0 Å². The molecule has 0 saturated heterocycles. The van der Waals surface area contributed by atoms with Crippen LogP contribution in [-0.2, 0) is 5.54 Å². The fraction of sp³-hybridized carbons (Fsp3) is 0.455. The molecular weight excluding hydrogens is 162 g/mol. The molecule has 1 aromatic carbocycles. The first-order valence-electron chi connectivity index (χ1n) is 4.60. The van der Waals surface area contributed by atoms with Crippen LogP contribution >= 0.6 is 0 Å². The van der Waals surface area contributed by atoms with Crippen molar-refractivity contribution in [1.82, 2.24) is 0 Å². The molecular formula is C11H15NO. The highest BCUT2D eigenvalue weighted by molar-refractivity contribution is 5.37. The zero-order valence-corrected chi connectivity index (χ0v) is 8.08. The average molecular weight is 177 g/mol. The van der Waals surface area contributed by atoms with E-state index in [2.05, 4.69) is 13.0 Å². The maximum absolute atomic E-state index is 6.18. The van der Waals surface area contributed by atoms with Crippen molar-refractivity contribution in [3.8, 4) is 5.75 Å². The summed E-state index contributed by atoms with van der Waals surface area (Å²) in [5, 5.41) is 0. The van der Waals surface area contributed by atoms with Crippen molar-refractivity contribution in [3.63, 3.8) is 0 Å².